The minimum Gasteiger partial charge on any atom is -0.463 e. The number of unbranched alkanes of at least 4 members (excludes halogenated alkanes) is 1. The highest BCUT2D eigenvalue weighted by Crippen LogP contribution is 2.07. The van der Waals surface area contributed by atoms with Gasteiger partial charge in [-0.2, -0.15) is 11.8 Å². The van der Waals surface area contributed by atoms with Gasteiger partial charge in [0, 0.05) is 96.1 Å². The number of esters is 1. The summed E-state index contributed by atoms with van der Waals surface area (Å²) in [5, 5.41) is 20.1. The van der Waals surface area contributed by atoms with Gasteiger partial charge < -0.3 is 118 Å². The van der Waals surface area contributed by atoms with E-state index in [2.05, 4.69) is 42.5 Å². The van der Waals surface area contributed by atoms with Crippen LogP contribution in [-0.2, 0) is 114 Å². The molecule has 3 atom stereocenters. The Morgan fingerprint density at radius 3 is 0.939 bits per heavy atom. The molecule has 3 unspecified atom stereocenters. The topological polar surface area (TPSA) is 466 Å². The second kappa shape index (κ2) is 84.8. The van der Waals surface area contributed by atoms with Crippen molar-refractivity contribution in [2.75, 3.05) is 218 Å². The van der Waals surface area contributed by atoms with Crippen LogP contribution < -0.4 is 42.5 Å². The molecule has 0 aromatic heterocycles. The SMILES string of the molecule is CCCOCCOC(=O)C(C)C.CCCOCCOC(=O)NC(COCCOC)C(=O)NCC(=O)C(C)C.CCCOCCOC(=O)NC(CSCCOC)C(=O)NCC(=O)C(C)C.CCCOCCOC(=O)NCCCCC(NC(=O)OCCOCCC)C(=O)NCC(=O)C(C)C.COCCOCCOC(=O)NCC(=O)C(C)C. The fourth-order valence-corrected chi connectivity index (χ4v) is 8.24. The van der Waals surface area contributed by atoms with Gasteiger partial charge in [-0.1, -0.05) is 104 Å². The van der Waals surface area contributed by atoms with Gasteiger partial charge in [-0.15, -0.1) is 0 Å². The van der Waals surface area contributed by atoms with E-state index in [1.54, 1.807) is 69.6 Å². The number of Topliss-reactive ketones (excluding diaryl/α,β-unsaturated/α-hetero) is 4. The number of carbonyl (C=O) groups is 13. The van der Waals surface area contributed by atoms with Crippen molar-refractivity contribution < 1.29 is 138 Å². The normalized spacial score (nSPS) is 11.4. The number of carbonyl (C=O) groups excluding carboxylic acids is 13. The largest absolute Gasteiger partial charge is 0.463 e. The third kappa shape index (κ3) is 81.8. The molecule has 37 nitrogen and oxygen atoms in total. The number of hydrogen-bond donors (Lipinski definition) is 8. The highest BCUT2D eigenvalue weighted by molar-refractivity contribution is 7.99. The van der Waals surface area contributed by atoms with Crippen LogP contribution in [0.15, 0.2) is 0 Å². The molecule has 0 aliphatic heterocycles. The Labute approximate surface area is 687 Å². The summed E-state index contributed by atoms with van der Waals surface area (Å²) < 4.78 is 80.7. The fraction of sp³-hybridized carbons (Fsp3) is 0.831. The highest BCUT2D eigenvalue weighted by Gasteiger charge is 2.26. The van der Waals surface area contributed by atoms with E-state index in [9.17, 15) is 62.3 Å². The number of ketones is 4. The molecule has 0 aliphatic carbocycles. The lowest BCUT2D eigenvalue weighted by molar-refractivity contribution is -0.149. The van der Waals surface area contributed by atoms with Gasteiger partial charge >= 0.3 is 36.4 Å². The quantitative estimate of drug-likeness (QED) is 0.0193. The maximum atomic E-state index is 12.5. The standard InChI is InChI=1S/C23H43N3O8.C17H32N2O7.C17H32N2O6S.C11H21NO5.C9H18O3/c1-5-11-31-13-15-33-22(29)24-10-8-7-9-19(21(28)25-17-20(27)18(3)4)26-23(30)34-16-14-32-12-6-2;1-5-6-24-9-10-26-17(22)19-14(12-25-8-7-23-4)16(21)18-11-15(20)13(2)3;1-5-6-24-7-8-25-17(22)19-14(12-26-10-9-23-4)16(21)18-11-15(20)13(2)3;1-9(2)10(13)8-12-11(14)17-7-6-16-5-4-15-3;1-4-5-11-6-7-12-9(10)8(2)3/h18-19H,5-17H2,1-4H3,(H,24,29)(H,25,28)(H,26,30);2*13-14H,5-12H2,1-4H3,(H,18,21)(H,19,22);9H,4-8H2,1-3H3,(H,12,14);8H,4-7H2,1-3H3. The molecule has 8 N–H and O–H groups in total. The molecule has 0 saturated carbocycles. The van der Waals surface area contributed by atoms with E-state index < -0.39 is 66.3 Å². The Morgan fingerprint density at radius 1 is 0.287 bits per heavy atom. The Kier molecular flexibility index (Phi) is 85.8. The van der Waals surface area contributed by atoms with Gasteiger partial charge in [0.2, 0.25) is 17.7 Å². The Balaban J connectivity index is -0.000000454. The Bertz CT molecular complexity index is 2430. The van der Waals surface area contributed by atoms with Crippen LogP contribution in [0.1, 0.15) is 155 Å². The van der Waals surface area contributed by atoms with Gasteiger partial charge in [-0.25, -0.2) is 24.0 Å². The first-order valence-electron chi connectivity index (χ1n) is 39.7. The number of hydrogen-bond acceptors (Lipinski definition) is 30. The number of ether oxygens (including phenoxy) is 16. The van der Waals surface area contributed by atoms with Crippen LogP contribution >= 0.6 is 11.8 Å². The lowest BCUT2D eigenvalue weighted by Gasteiger charge is -2.18. The van der Waals surface area contributed by atoms with E-state index in [1.807, 2.05) is 48.5 Å². The Morgan fingerprint density at radius 2 is 0.583 bits per heavy atom. The molecule has 0 saturated heterocycles. The van der Waals surface area contributed by atoms with Crippen LogP contribution in [0.3, 0.4) is 0 Å². The molecule has 0 heterocycles. The summed E-state index contributed by atoms with van der Waals surface area (Å²) in [6.07, 6.45) is 2.64. The van der Waals surface area contributed by atoms with Crippen LogP contribution in [0, 0.1) is 29.6 Å². The number of thioether (sulfide) groups is 1. The van der Waals surface area contributed by atoms with Crippen LogP contribution in [-0.4, -0.2) is 313 Å². The summed E-state index contributed by atoms with van der Waals surface area (Å²) in [4.78, 5) is 153. The summed E-state index contributed by atoms with van der Waals surface area (Å²) in [7, 11) is 4.71. The predicted molar refractivity (Wildman–Crippen MR) is 432 cm³/mol. The van der Waals surface area contributed by atoms with E-state index >= 15 is 0 Å². The van der Waals surface area contributed by atoms with E-state index in [4.69, 9.17) is 75.8 Å². The number of rotatable bonds is 65. The molecule has 0 rings (SSSR count). The number of methoxy groups -OCH3 is 3. The smallest absolute Gasteiger partial charge is 0.407 e. The van der Waals surface area contributed by atoms with Crippen molar-refractivity contribution in [1.29, 1.82) is 0 Å². The van der Waals surface area contributed by atoms with Gasteiger partial charge in [0.15, 0.2) is 23.1 Å². The zero-order valence-electron chi connectivity index (χ0n) is 72.2. The molecule has 115 heavy (non-hydrogen) atoms. The molecule has 0 aromatic carbocycles. The molecule has 0 aliphatic rings. The monoisotopic (exact) mass is 1680 g/mol. The fourth-order valence-electron chi connectivity index (χ4n) is 7.32. The molecule has 0 fully saturated rings. The van der Waals surface area contributed by atoms with E-state index in [-0.39, 0.29) is 144 Å². The molecule has 0 bridgehead atoms. The lowest BCUT2D eigenvalue weighted by Crippen LogP contribution is -2.51. The van der Waals surface area contributed by atoms with Crippen LogP contribution in [0.2, 0.25) is 0 Å². The van der Waals surface area contributed by atoms with Crippen molar-refractivity contribution in [3.8, 4) is 0 Å². The summed E-state index contributed by atoms with van der Waals surface area (Å²) >= 11 is 1.47. The van der Waals surface area contributed by atoms with Crippen molar-refractivity contribution in [3.05, 3.63) is 0 Å². The van der Waals surface area contributed by atoms with E-state index in [0.717, 1.165) is 38.7 Å². The molecular weight excluding hydrogens is 1530 g/mol. The first-order chi connectivity index (χ1) is 54.9. The number of amides is 8. The molecule has 0 radical (unpaired) electrons. The van der Waals surface area contributed by atoms with E-state index in [1.165, 1.54) is 18.9 Å². The molecule has 38 heteroatoms. The maximum Gasteiger partial charge on any atom is 0.407 e. The van der Waals surface area contributed by atoms with Gasteiger partial charge in [0.25, 0.3) is 0 Å². The third-order valence-electron chi connectivity index (χ3n) is 14.2. The van der Waals surface area contributed by atoms with Crippen molar-refractivity contribution in [3.63, 3.8) is 0 Å². The van der Waals surface area contributed by atoms with Crippen LogP contribution in [0.5, 0.6) is 0 Å². The first-order valence-corrected chi connectivity index (χ1v) is 40.9. The average molecular weight is 1680 g/mol. The minimum atomic E-state index is -0.976. The van der Waals surface area contributed by atoms with Crippen LogP contribution in [0.4, 0.5) is 24.0 Å². The average Bonchev–Trinajstić information content (AvgIpc) is 0.923. The number of nitrogens with one attached hydrogen (secondary N) is 8. The van der Waals surface area contributed by atoms with Gasteiger partial charge in [-0.05, 0) is 51.4 Å². The first kappa shape index (κ1) is 116. The summed E-state index contributed by atoms with van der Waals surface area (Å²) in [5.41, 5.74) is 0. The van der Waals surface area contributed by atoms with Gasteiger partial charge in [0.05, 0.1) is 111 Å². The molecule has 0 spiro atoms. The third-order valence-corrected chi connectivity index (χ3v) is 15.2. The summed E-state index contributed by atoms with van der Waals surface area (Å²) in [6.45, 7) is 36.0. The second-order valence-corrected chi connectivity index (χ2v) is 27.5. The second-order valence-electron chi connectivity index (χ2n) is 26.3. The Hall–Kier alpha value is -7.14. The molecule has 674 valence electrons. The summed E-state index contributed by atoms with van der Waals surface area (Å²) in [5.74, 6) is -1.51. The zero-order valence-corrected chi connectivity index (χ0v) is 73.1. The molecular formula is C77H146N8O29S. The van der Waals surface area contributed by atoms with Crippen molar-refractivity contribution in [1.82, 2.24) is 42.5 Å². The summed E-state index contributed by atoms with van der Waals surface area (Å²) in [6, 6.07) is -2.64. The predicted octanol–water partition coefficient (Wildman–Crippen LogP) is 6.13. The molecule has 8 amide bonds. The zero-order chi connectivity index (χ0) is 87.7. The highest BCUT2D eigenvalue weighted by atomic mass is 32.2. The van der Waals surface area contributed by atoms with Gasteiger partial charge in [-0.3, -0.25) is 38.4 Å². The van der Waals surface area contributed by atoms with Gasteiger partial charge in [0.1, 0.15) is 57.8 Å². The van der Waals surface area contributed by atoms with Crippen LogP contribution in [0.25, 0.3) is 0 Å². The van der Waals surface area contributed by atoms with Crippen molar-refractivity contribution in [2.45, 2.75) is 173 Å². The van der Waals surface area contributed by atoms with E-state index in [0.29, 0.717) is 123 Å². The lowest BCUT2D eigenvalue weighted by atomic mass is 10.1. The molecule has 0 aromatic rings. The van der Waals surface area contributed by atoms with Crippen molar-refractivity contribution >= 4 is 89.1 Å². The van der Waals surface area contributed by atoms with Crippen molar-refractivity contribution in [2.24, 2.45) is 29.6 Å². The minimum absolute atomic E-state index is 0.00102. The maximum absolute atomic E-state index is 12.5. The number of alkyl carbamates (subject to hydrolysis) is 5.